The molecular formula is C20H21N3O. The summed E-state index contributed by atoms with van der Waals surface area (Å²) in [6.45, 7) is 1.77. The number of H-pyrrole nitrogens is 1. The van der Waals surface area contributed by atoms with Crippen LogP contribution in [0.1, 0.15) is 24.2 Å². The minimum absolute atomic E-state index is 0.0468. The lowest BCUT2D eigenvalue weighted by Crippen LogP contribution is -2.32. The summed E-state index contributed by atoms with van der Waals surface area (Å²) in [5, 5.41) is 0.656. The van der Waals surface area contributed by atoms with Crippen molar-refractivity contribution in [1.82, 2.24) is 14.9 Å². The number of hydrogen-bond acceptors (Lipinski definition) is 3. The Labute approximate surface area is 141 Å². The number of likely N-dealkylation sites (tertiary alicyclic amines) is 1. The Morgan fingerprint density at radius 1 is 1.08 bits per heavy atom. The maximum absolute atomic E-state index is 12.2. The normalized spacial score (nSPS) is 18.2. The van der Waals surface area contributed by atoms with Gasteiger partial charge in [0.15, 0.2) is 0 Å². The Balaban J connectivity index is 1.55. The van der Waals surface area contributed by atoms with Gasteiger partial charge in [-0.1, -0.05) is 42.5 Å². The first-order chi connectivity index (χ1) is 11.8. The molecule has 4 nitrogen and oxygen atoms in total. The molecule has 3 aromatic rings. The van der Waals surface area contributed by atoms with Crippen molar-refractivity contribution in [3.8, 4) is 0 Å². The molecule has 1 fully saturated rings. The lowest BCUT2D eigenvalue weighted by atomic mass is 10.0. The molecule has 0 aliphatic carbocycles. The number of fused-ring (bicyclic) bond motifs is 1. The van der Waals surface area contributed by atoms with Crippen LogP contribution in [0.25, 0.3) is 10.9 Å². The van der Waals surface area contributed by atoms with E-state index in [1.165, 1.54) is 18.4 Å². The van der Waals surface area contributed by atoms with E-state index in [-0.39, 0.29) is 5.56 Å². The molecule has 0 bridgehead atoms. The molecule has 2 aromatic carbocycles. The zero-order valence-electron chi connectivity index (χ0n) is 13.6. The molecule has 1 atom stereocenters. The van der Waals surface area contributed by atoms with Crippen molar-refractivity contribution in [2.45, 2.75) is 31.8 Å². The average Bonchev–Trinajstić information content (AvgIpc) is 3.03. The molecule has 4 rings (SSSR count). The van der Waals surface area contributed by atoms with Crippen molar-refractivity contribution in [3.63, 3.8) is 0 Å². The topological polar surface area (TPSA) is 49.0 Å². The van der Waals surface area contributed by atoms with Gasteiger partial charge in [-0.3, -0.25) is 9.69 Å². The third kappa shape index (κ3) is 3.10. The smallest absolute Gasteiger partial charge is 0.258 e. The van der Waals surface area contributed by atoms with Crippen molar-refractivity contribution < 1.29 is 0 Å². The number of aromatic nitrogens is 2. The van der Waals surface area contributed by atoms with Gasteiger partial charge in [-0.25, -0.2) is 4.98 Å². The standard InChI is InChI=1S/C20H21N3O/c24-20-17-10-4-5-11-18(17)21-19(22-20)14-23-12-6-9-16(23)13-15-7-2-1-3-8-15/h1-5,7-8,10-11,16H,6,9,12-14H2,(H,21,22,24). The highest BCUT2D eigenvalue weighted by Crippen LogP contribution is 2.22. The monoisotopic (exact) mass is 319 g/mol. The fraction of sp³-hybridized carbons (Fsp3) is 0.300. The van der Waals surface area contributed by atoms with Crippen LogP contribution in [0.5, 0.6) is 0 Å². The zero-order chi connectivity index (χ0) is 16.4. The molecule has 4 heteroatoms. The fourth-order valence-electron chi connectivity index (χ4n) is 3.62. The largest absolute Gasteiger partial charge is 0.309 e. The van der Waals surface area contributed by atoms with Gasteiger partial charge < -0.3 is 4.98 Å². The molecule has 1 unspecified atom stereocenters. The molecule has 1 aliphatic rings. The van der Waals surface area contributed by atoms with E-state index < -0.39 is 0 Å². The summed E-state index contributed by atoms with van der Waals surface area (Å²) in [5.74, 6) is 0.763. The van der Waals surface area contributed by atoms with Crippen LogP contribution in [0.15, 0.2) is 59.4 Å². The van der Waals surface area contributed by atoms with Gasteiger partial charge in [0, 0.05) is 6.04 Å². The summed E-state index contributed by atoms with van der Waals surface area (Å²) >= 11 is 0. The summed E-state index contributed by atoms with van der Waals surface area (Å²) in [6, 6.07) is 18.7. The number of benzene rings is 2. The van der Waals surface area contributed by atoms with Crippen LogP contribution >= 0.6 is 0 Å². The summed E-state index contributed by atoms with van der Waals surface area (Å²) in [4.78, 5) is 22.3. The van der Waals surface area contributed by atoms with Gasteiger partial charge in [0.25, 0.3) is 5.56 Å². The van der Waals surface area contributed by atoms with E-state index in [0.29, 0.717) is 18.0 Å². The first-order valence-corrected chi connectivity index (χ1v) is 8.55. The molecule has 0 spiro atoms. The molecule has 0 radical (unpaired) electrons. The van der Waals surface area contributed by atoms with E-state index in [4.69, 9.17) is 0 Å². The Kier molecular flexibility index (Phi) is 4.13. The van der Waals surface area contributed by atoms with Crippen LogP contribution in [0.2, 0.25) is 0 Å². The summed E-state index contributed by atoms with van der Waals surface area (Å²) < 4.78 is 0. The third-order valence-corrected chi connectivity index (χ3v) is 4.83. The second-order valence-corrected chi connectivity index (χ2v) is 6.49. The SMILES string of the molecule is O=c1[nH]c(CN2CCCC2Cc2ccccc2)nc2ccccc12. The van der Waals surface area contributed by atoms with E-state index in [2.05, 4.69) is 45.2 Å². The van der Waals surface area contributed by atoms with Gasteiger partial charge in [0.2, 0.25) is 0 Å². The Hall–Kier alpha value is -2.46. The van der Waals surface area contributed by atoms with Crippen molar-refractivity contribution >= 4 is 10.9 Å². The van der Waals surface area contributed by atoms with E-state index >= 15 is 0 Å². The van der Waals surface area contributed by atoms with Gasteiger partial charge >= 0.3 is 0 Å². The number of hydrogen-bond donors (Lipinski definition) is 1. The molecule has 1 N–H and O–H groups in total. The van der Waals surface area contributed by atoms with Crippen molar-refractivity contribution in [2.24, 2.45) is 0 Å². The Morgan fingerprint density at radius 3 is 2.75 bits per heavy atom. The van der Waals surface area contributed by atoms with Gasteiger partial charge in [0.1, 0.15) is 5.82 Å². The highest BCUT2D eigenvalue weighted by Gasteiger charge is 2.25. The summed E-state index contributed by atoms with van der Waals surface area (Å²) in [7, 11) is 0. The Bertz CT molecular complexity index is 888. The van der Waals surface area contributed by atoms with Crippen LogP contribution in [0.4, 0.5) is 0 Å². The van der Waals surface area contributed by atoms with Crippen LogP contribution in [0.3, 0.4) is 0 Å². The Morgan fingerprint density at radius 2 is 1.88 bits per heavy atom. The number of rotatable bonds is 4. The van der Waals surface area contributed by atoms with Gasteiger partial charge in [-0.2, -0.15) is 0 Å². The summed E-state index contributed by atoms with van der Waals surface area (Å²) in [5.41, 5.74) is 2.10. The van der Waals surface area contributed by atoms with Crippen LogP contribution < -0.4 is 5.56 Å². The zero-order valence-corrected chi connectivity index (χ0v) is 13.6. The van der Waals surface area contributed by atoms with Gasteiger partial charge in [-0.05, 0) is 43.5 Å². The predicted octanol–water partition coefficient (Wildman–Crippen LogP) is 3.13. The number of nitrogens with one attached hydrogen (secondary N) is 1. The second kappa shape index (κ2) is 6.57. The van der Waals surface area contributed by atoms with Crippen molar-refractivity contribution in [1.29, 1.82) is 0 Å². The molecule has 2 heterocycles. The lowest BCUT2D eigenvalue weighted by molar-refractivity contribution is 0.238. The quantitative estimate of drug-likeness (QED) is 0.804. The molecule has 0 saturated carbocycles. The molecule has 1 saturated heterocycles. The van der Waals surface area contributed by atoms with Gasteiger partial charge in [0.05, 0.1) is 17.4 Å². The van der Waals surface area contributed by atoms with Gasteiger partial charge in [-0.15, -0.1) is 0 Å². The van der Waals surface area contributed by atoms with Crippen molar-refractivity contribution in [3.05, 3.63) is 76.3 Å². The molecule has 1 aliphatic heterocycles. The van der Waals surface area contributed by atoms with E-state index in [0.717, 1.165) is 24.3 Å². The minimum Gasteiger partial charge on any atom is -0.309 e. The lowest BCUT2D eigenvalue weighted by Gasteiger charge is -2.24. The first-order valence-electron chi connectivity index (χ1n) is 8.55. The third-order valence-electron chi connectivity index (χ3n) is 4.83. The van der Waals surface area contributed by atoms with E-state index in [1.54, 1.807) is 0 Å². The van der Waals surface area contributed by atoms with Crippen LogP contribution in [0, 0.1) is 0 Å². The fourth-order valence-corrected chi connectivity index (χ4v) is 3.62. The highest BCUT2D eigenvalue weighted by molar-refractivity contribution is 5.77. The summed E-state index contributed by atoms with van der Waals surface area (Å²) in [6.07, 6.45) is 3.46. The number of para-hydroxylation sites is 1. The van der Waals surface area contributed by atoms with Crippen LogP contribution in [-0.2, 0) is 13.0 Å². The maximum Gasteiger partial charge on any atom is 0.258 e. The van der Waals surface area contributed by atoms with E-state index in [1.807, 2.05) is 24.3 Å². The molecule has 0 amide bonds. The average molecular weight is 319 g/mol. The number of nitrogens with zero attached hydrogens (tertiary/aromatic N) is 2. The van der Waals surface area contributed by atoms with Crippen LogP contribution in [-0.4, -0.2) is 27.5 Å². The molecule has 122 valence electrons. The molecule has 24 heavy (non-hydrogen) atoms. The van der Waals surface area contributed by atoms with E-state index in [9.17, 15) is 4.79 Å². The maximum atomic E-state index is 12.2. The molecule has 1 aromatic heterocycles. The predicted molar refractivity (Wildman–Crippen MR) is 95.9 cm³/mol. The minimum atomic E-state index is -0.0468. The number of aromatic amines is 1. The highest BCUT2D eigenvalue weighted by atomic mass is 16.1. The molecular weight excluding hydrogens is 298 g/mol. The van der Waals surface area contributed by atoms with Crippen molar-refractivity contribution in [2.75, 3.05) is 6.54 Å². The first kappa shape index (κ1) is 15.1. The second-order valence-electron chi connectivity index (χ2n) is 6.49.